The molecule has 2 N–H and O–H groups in total. The molecule has 5 nitrogen and oxygen atoms in total. The molecule has 1 aromatic heterocycles. The SMILES string of the molecule is CCC(CC)NC(=O)Nc1cc(C)on1. The first-order chi connectivity index (χ1) is 7.15. The number of nitrogens with one attached hydrogen (secondary N) is 2. The van der Waals surface area contributed by atoms with Crippen molar-refractivity contribution in [2.75, 3.05) is 5.32 Å². The van der Waals surface area contributed by atoms with E-state index in [9.17, 15) is 4.79 Å². The molecule has 1 aromatic rings. The lowest BCUT2D eigenvalue weighted by atomic mass is 10.2. The Kier molecular flexibility index (Phi) is 4.15. The number of urea groups is 1. The van der Waals surface area contributed by atoms with Gasteiger partial charge in [0.1, 0.15) is 5.76 Å². The fourth-order valence-corrected chi connectivity index (χ4v) is 1.26. The van der Waals surface area contributed by atoms with Crippen LogP contribution in [0, 0.1) is 6.92 Å². The van der Waals surface area contributed by atoms with Crippen molar-refractivity contribution in [1.29, 1.82) is 0 Å². The van der Waals surface area contributed by atoms with Crippen LogP contribution in [-0.4, -0.2) is 17.2 Å². The summed E-state index contributed by atoms with van der Waals surface area (Å²) in [4.78, 5) is 11.4. The fourth-order valence-electron chi connectivity index (χ4n) is 1.26. The second kappa shape index (κ2) is 5.38. The first kappa shape index (κ1) is 11.6. The topological polar surface area (TPSA) is 67.2 Å². The van der Waals surface area contributed by atoms with E-state index in [-0.39, 0.29) is 12.1 Å². The minimum Gasteiger partial charge on any atom is -0.360 e. The molecule has 0 saturated carbocycles. The van der Waals surface area contributed by atoms with Gasteiger partial charge in [-0.05, 0) is 19.8 Å². The summed E-state index contributed by atoms with van der Waals surface area (Å²) in [7, 11) is 0. The van der Waals surface area contributed by atoms with Gasteiger partial charge in [-0.25, -0.2) is 4.79 Å². The van der Waals surface area contributed by atoms with Gasteiger partial charge in [-0.15, -0.1) is 0 Å². The number of carbonyl (C=O) groups excluding carboxylic acids is 1. The van der Waals surface area contributed by atoms with Gasteiger partial charge in [-0.1, -0.05) is 19.0 Å². The maximum atomic E-state index is 11.4. The van der Waals surface area contributed by atoms with Crippen LogP contribution in [0.15, 0.2) is 10.6 Å². The van der Waals surface area contributed by atoms with Crippen molar-refractivity contribution >= 4 is 11.8 Å². The van der Waals surface area contributed by atoms with Gasteiger partial charge >= 0.3 is 6.03 Å². The fraction of sp³-hybridized carbons (Fsp3) is 0.600. The van der Waals surface area contributed by atoms with Crippen LogP contribution in [0.2, 0.25) is 0 Å². The lowest BCUT2D eigenvalue weighted by Gasteiger charge is -2.14. The van der Waals surface area contributed by atoms with Gasteiger partial charge in [-0.3, -0.25) is 5.32 Å². The summed E-state index contributed by atoms with van der Waals surface area (Å²) in [5.41, 5.74) is 0. The third-order valence-electron chi connectivity index (χ3n) is 2.19. The smallest absolute Gasteiger partial charge is 0.320 e. The van der Waals surface area contributed by atoms with Crippen molar-refractivity contribution in [1.82, 2.24) is 10.5 Å². The van der Waals surface area contributed by atoms with E-state index in [2.05, 4.69) is 15.8 Å². The molecule has 0 aromatic carbocycles. The summed E-state index contributed by atoms with van der Waals surface area (Å²) in [6.07, 6.45) is 1.84. The standard InChI is InChI=1S/C10H17N3O2/c1-4-8(5-2)11-10(14)12-9-6-7(3)15-13-9/h6,8H,4-5H2,1-3H3,(H2,11,12,13,14). The zero-order valence-electron chi connectivity index (χ0n) is 9.33. The normalized spacial score (nSPS) is 10.4. The molecule has 0 atom stereocenters. The largest absolute Gasteiger partial charge is 0.360 e. The molecule has 0 radical (unpaired) electrons. The molecule has 0 fully saturated rings. The second-order valence-electron chi connectivity index (χ2n) is 3.43. The highest BCUT2D eigenvalue weighted by Gasteiger charge is 2.09. The second-order valence-corrected chi connectivity index (χ2v) is 3.43. The number of amides is 2. The molecule has 0 aliphatic heterocycles. The van der Waals surface area contributed by atoms with E-state index in [4.69, 9.17) is 4.52 Å². The average molecular weight is 211 g/mol. The summed E-state index contributed by atoms with van der Waals surface area (Å²) in [5, 5.41) is 9.12. The summed E-state index contributed by atoms with van der Waals surface area (Å²) >= 11 is 0. The predicted octanol–water partition coefficient (Wildman–Crippen LogP) is 2.29. The zero-order valence-corrected chi connectivity index (χ0v) is 9.33. The molecule has 15 heavy (non-hydrogen) atoms. The number of hydrogen-bond acceptors (Lipinski definition) is 3. The molecule has 0 unspecified atom stereocenters. The molecule has 2 amide bonds. The molecule has 0 spiro atoms. The number of nitrogens with zero attached hydrogens (tertiary/aromatic N) is 1. The third kappa shape index (κ3) is 3.61. The van der Waals surface area contributed by atoms with E-state index in [0.29, 0.717) is 11.6 Å². The van der Waals surface area contributed by atoms with E-state index in [1.807, 2.05) is 13.8 Å². The zero-order chi connectivity index (χ0) is 11.3. The Bertz CT molecular complexity index is 318. The van der Waals surface area contributed by atoms with Crippen LogP contribution in [0.5, 0.6) is 0 Å². The maximum absolute atomic E-state index is 11.4. The lowest BCUT2D eigenvalue weighted by molar-refractivity contribution is 0.247. The number of carbonyl (C=O) groups is 1. The number of hydrogen-bond donors (Lipinski definition) is 2. The first-order valence-corrected chi connectivity index (χ1v) is 5.16. The summed E-state index contributed by atoms with van der Waals surface area (Å²) in [6.45, 7) is 5.85. The molecule has 84 valence electrons. The van der Waals surface area contributed by atoms with Crippen molar-refractivity contribution in [3.63, 3.8) is 0 Å². The van der Waals surface area contributed by atoms with Gasteiger partial charge in [0.25, 0.3) is 0 Å². The molecule has 0 aliphatic carbocycles. The third-order valence-corrected chi connectivity index (χ3v) is 2.19. The molecule has 1 heterocycles. The van der Waals surface area contributed by atoms with Crippen molar-refractivity contribution in [3.8, 4) is 0 Å². The van der Waals surface area contributed by atoms with E-state index in [1.165, 1.54) is 0 Å². The summed E-state index contributed by atoms with van der Waals surface area (Å²) in [6, 6.07) is 1.64. The van der Waals surface area contributed by atoms with E-state index < -0.39 is 0 Å². The lowest BCUT2D eigenvalue weighted by Crippen LogP contribution is -2.37. The Labute approximate surface area is 89.2 Å². The Morgan fingerprint density at radius 1 is 1.53 bits per heavy atom. The number of aryl methyl sites for hydroxylation is 1. The molecule has 5 heteroatoms. The molecular formula is C10H17N3O2. The van der Waals surface area contributed by atoms with Gasteiger partial charge in [0.2, 0.25) is 0 Å². The first-order valence-electron chi connectivity index (χ1n) is 5.16. The van der Waals surface area contributed by atoms with E-state index in [1.54, 1.807) is 13.0 Å². The van der Waals surface area contributed by atoms with Crippen molar-refractivity contribution < 1.29 is 9.32 Å². The van der Waals surface area contributed by atoms with Crippen molar-refractivity contribution in [3.05, 3.63) is 11.8 Å². The van der Waals surface area contributed by atoms with Crippen molar-refractivity contribution in [2.24, 2.45) is 0 Å². The van der Waals surface area contributed by atoms with Gasteiger partial charge < -0.3 is 9.84 Å². The van der Waals surface area contributed by atoms with Gasteiger partial charge in [0.05, 0.1) is 0 Å². The summed E-state index contributed by atoms with van der Waals surface area (Å²) in [5.74, 6) is 1.11. The van der Waals surface area contributed by atoms with Crippen LogP contribution >= 0.6 is 0 Å². The Balaban J connectivity index is 2.42. The summed E-state index contributed by atoms with van der Waals surface area (Å²) < 4.78 is 4.83. The van der Waals surface area contributed by atoms with Crippen LogP contribution < -0.4 is 10.6 Å². The Hall–Kier alpha value is -1.52. The van der Waals surface area contributed by atoms with Crippen LogP contribution in [0.4, 0.5) is 10.6 Å². The van der Waals surface area contributed by atoms with Crippen LogP contribution in [0.25, 0.3) is 0 Å². The molecule has 0 bridgehead atoms. The van der Waals surface area contributed by atoms with Gasteiger partial charge in [0, 0.05) is 12.1 Å². The van der Waals surface area contributed by atoms with E-state index in [0.717, 1.165) is 12.8 Å². The quantitative estimate of drug-likeness (QED) is 0.803. The Morgan fingerprint density at radius 2 is 2.20 bits per heavy atom. The predicted molar refractivity (Wildman–Crippen MR) is 57.8 cm³/mol. The highest BCUT2D eigenvalue weighted by atomic mass is 16.5. The monoisotopic (exact) mass is 211 g/mol. The highest BCUT2D eigenvalue weighted by molar-refractivity contribution is 5.88. The number of aromatic nitrogens is 1. The van der Waals surface area contributed by atoms with Gasteiger partial charge in [-0.2, -0.15) is 0 Å². The van der Waals surface area contributed by atoms with Crippen LogP contribution in [-0.2, 0) is 0 Å². The molecule has 0 aliphatic rings. The average Bonchev–Trinajstić information content (AvgIpc) is 2.60. The van der Waals surface area contributed by atoms with E-state index >= 15 is 0 Å². The van der Waals surface area contributed by atoms with Crippen molar-refractivity contribution in [2.45, 2.75) is 39.7 Å². The number of anilines is 1. The van der Waals surface area contributed by atoms with Gasteiger partial charge in [0.15, 0.2) is 5.82 Å². The molecule has 1 rings (SSSR count). The highest BCUT2D eigenvalue weighted by Crippen LogP contribution is 2.06. The molecule has 0 saturated heterocycles. The maximum Gasteiger partial charge on any atom is 0.320 e. The Morgan fingerprint density at radius 3 is 2.67 bits per heavy atom. The number of rotatable bonds is 4. The molecular weight excluding hydrogens is 194 g/mol. The minimum absolute atomic E-state index is 0.206. The van der Waals surface area contributed by atoms with Crippen LogP contribution in [0.1, 0.15) is 32.4 Å². The minimum atomic E-state index is -0.239. The van der Waals surface area contributed by atoms with Crippen LogP contribution in [0.3, 0.4) is 0 Å².